The highest BCUT2D eigenvalue weighted by Crippen LogP contribution is 2.28. The molecule has 0 aliphatic carbocycles. The van der Waals surface area contributed by atoms with Crippen molar-refractivity contribution in [2.24, 2.45) is 0 Å². The molecule has 2 atom stereocenters. The number of aryl methyl sites for hydroxylation is 1. The quantitative estimate of drug-likeness (QED) is 0.351. The summed E-state index contributed by atoms with van der Waals surface area (Å²) in [4.78, 5) is 12.4. The second-order valence-corrected chi connectivity index (χ2v) is 9.13. The molecule has 0 heterocycles. The fourth-order valence-corrected chi connectivity index (χ4v) is 3.48. The van der Waals surface area contributed by atoms with Crippen LogP contribution < -0.4 is 9.47 Å². The SMILES string of the molecule is Cc1cc(OCCOc2ccccc2S(=O)O)c(S(=O)O)cc1C(=O)OC(C)(C)C. The summed E-state index contributed by atoms with van der Waals surface area (Å²) >= 11 is -4.59. The first-order valence-electron chi connectivity index (χ1n) is 8.94. The van der Waals surface area contributed by atoms with Crippen LogP contribution in [0, 0.1) is 6.92 Å². The van der Waals surface area contributed by atoms with E-state index < -0.39 is 33.7 Å². The maximum atomic E-state index is 12.4. The highest BCUT2D eigenvalue weighted by Gasteiger charge is 2.22. The van der Waals surface area contributed by atoms with E-state index in [9.17, 15) is 22.3 Å². The lowest BCUT2D eigenvalue weighted by molar-refractivity contribution is 0.00683. The van der Waals surface area contributed by atoms with E-state index in [1.807, 2.05) is 0 Å². The molecule has 0 radical (unpaired) electrons. The molecule has 0 spiro atoms. The summed E-state index contributed by atoms with van der Waals surface area (Å²) in [6, 6.07) is 9.07. The molecule has 2 N–H and O–H groups in total. The van der Waals surface area contributed by atoms with Crippen LogP contribution >= 0.6 is 0 Å². The number of para-hydroxylation sites is 1. The minimum atomic E-state index is -2.40. The normalized spacial score (nSPS) is 13.4. The molecule has 0 aliphatic heterocycles. The van der Waals surface area contributed by atoms with E-state index in [1.54, 1.807) is 45.9 Å². The van der Waals surface area contributed by atoms with Crippen molar-refractivity contribution in [1.29, 1.82) is 0 Å². The van der Waals surface area contributed by atoms with Gasteiger partial charge in [-0.1, -0.05) is 12.1 Å². The number of ether oxygens (including phenoxy) is 3. The van der Waals surface area contributed by atoms with E-state index in [4.69, 9.17) is 14.2 Å². The lowest BCUT2D eigenvalue weighted by Crippen LogP contribution is -2.24. The first-order valence-corrected chi connectivity index (χ1v) is 11.2. The van der Waals surface area contributed by atoms with Crippen molar-refractivity contribution in [3.8, 4) is 11.5 Å². The number of carbonyl (C=O) groups is 1. The number of hydrogen-bond acceptors (Lipinski definition) is 6. The Morgan fingerprint density at radius 3 is 2.07 bits per heavy atom. The Morgan fingerprint density at radius 2 is 1.50 bits per heavy atom. The van der Waals surface area contributed by atoms with Crippen molar-refractivity contribution in [2.45, 2.75) is 43.1 Å². The molecule has 0 amide bonds. The topological polar surface area (TPSA) is 119 Å². The van der Waals surface area contributed by atoms with Gasteiger partial charge in [0.05, 0.1) is 5.56 Å². The van der Waals surface area contributed by atoms with Crippen molar-refractivity contribution < 1.29 is 36.5 Å². The van der Waals surface area contributed by atoms with Gasteiger partial charge in [-0.2, -0.15) is 0 Å². The third-order valence-corrected chi connectivity index (χ3v) is 5.14. The number of carbonyl (C=O) groups excluding carboxylic acids is 1. The Labute approximate surface area is 180 Å². The predicted octanol–water partition coefficient (Wildman–Crippen LogP) is 3.57. The van der Waals surface area contributed by atoms with Crippen LogP contribution in [0.2, 0.25) is 0 Å². The molecule has 164 valence electrons. The zero-order valence-electron chi connectivity index (χ0n) is 17.0. The maximum absolute atomic E-state index is 12.4. The van der Waals surface area contributed by atoms with Gasteiger partial charge < -0.3 is 23.3 Å². The molecule has 10 heteroatoms. The van der Waals surface area contributed by atoms with Crippen LogP contribution in [-0.2, 0) is 26.9 Å². The Kier molecular flexibility index (Phi) is 8.13. The van der Waals surface area contributed by atoms with Gasteiger partial charge in [0.2, 0.25) is 0 Å². The Bertz CT molecular complexity index is 966. The van der Waals surface area contributed by atoms with Crippen LogP contribution in [0.25, 0.3) is 0 Å². The van der Waals surface area contributed by atoms with E-state index >= 15 is 0 Å². The number of benzene rings is 2. The number of esters is 1. The monoisotopic (exact) mass is 456 g/mol. The molecule has 2 aromatic carbocycles. The van der Waals surface area contributed by atoms with Gasteiger partial charge in [0.1, 0.15) is 40.1 Å². The van der Waals surface area contributed by atoms with Gasteiger partial charge in [-0.05, 0) is 57.5 Å². The van der Waals surface area contributed by atoms with Gasteiger partial charge in [-0.25, -0.2) is 13.2 Å². The van der Waals surface area contributed by atoms with Crippen LogP contribution in [0.1, 0.15) is 36.7 Å². The maximum Gasteiger partial charge on any atom is 0.338 e. The molecule has 8 nitrogen and oxygen atoms in total. The molecule has 0 bridgehead atoms. The molecule has 2 rings (SSSR count). The molecule has 30 heavy (non-hydrogen) atoms. The van der Waals surface area contributed by atoms with E-state index in [2.05, 4.69) is 0 Å². The third kappa shape index (κ3) is 6.63. The van der Waals surface area contributed by atoms with Crippen molar-refractivity contribution in [1.82, 2.24) is 0 Å². The number of rotatable bonds is 8. The molecular weight excluding hydrogens is 432 g/mol. The molecule has 0 saturated carbocycles. The minimum Gasteiger partial charge on any atom is -0.489 e. The molecular formula is C20H24O8S2. The first kappa shape index (κ1) is 24.0. The fraction of sp³-hybridized carbons (Fsp3) is 0.350. The van der Waals surface area contributed by atoms with Crippen molar-refractivity contribution >= 4 is 28.1 Å². The van der Waals surface area contributed by atoms with Gasteiger partial charge in [-0.3, -0.25) is 0 Å². The van der Waals surface area contributed by atoms with E-state index in [-0.39, 0.29) is 40.1 Å². The largest absolute Gasteiger partial charge is 0.489 e. The summed E-state index contributed by atoms with van der Waals surface area (Å²) in [5.41, 5.74) is -0.0102. The summed E-state index contributed by atoms with van der Waals surface area (Å²) in [6.07, 6.45) is 0. The smallest absolute Gasteiger partial charge is 0.338 e. The van der Waals surface area contributed by atoms with E-state index in [1.165, 1.54) is 18.2 Å². The predicted molar refractivity (Wildman–Crippen MR) is 112 cm³/mol. The van der Waals surface area contributed by atoms with Crippen LogP contribution in [0.3, 0.4) is 0 Å². The molecule has 0 saturated heterocycles. The zero-order valence-corrected chi connectivity index (χ0v) is 18.7. The summed E-state index contributed by atoms with van der Waals surface area (Å²) in [5, 5.41) is 0. The van der Waals surface area contributed by atoms with Crippen molar-refractivity contribution in [3.63, 3.8) is 0 Å². The minimum absolute atomic E-state index is 0.00181. The lowest BCUT2D eigenvalue weighted by Gasteiger charge is -2.21. The van der Waals surface area contributed by atoms with Crippen LogP contribution in [0.15, 0.2) is 46.2 Å². The molecule has 2 aromatic rings. The highest BCUT2D eigenvalue weighted by molar-refractivity contribution is 7.79. The standard InChI is InChI=1S/C20H24O8S2/c1-13-11-16(18(30(24)25)12-14(13)19(21)28-20(2,3)4)27-10-9-26-15-7-5-6-8-17(15)29(22)23/h5-8,11-12H,9-10H2,1-4H3,(H,22,23)(H,24,25). The molecule has 0 aromatic heterocycles. The second-order valence-electron chi connectivity index (χ2n) is 7.26. The van der Waals surface area contributed by atoms with Gasteiger partial charge in [0.25, 0.3) is 0 Å². The average Bonchev–Trinajstić information content (AvgIpc) is 2.63. The fourth-order valence-electron chi connectivity index (χ4n) is 2.48. The van der Waals surface area contributed by atoms with Crippen molar-refractivity contribution in [3.05, 3.63) is 47.5 Å². The second kappa shape index (κ2) is 10.2. The average molecular weight is 457 g/mol. The van der Waals surface area contributed by atoms with Crippen LogP contribution in [0.5, 0.6) is 11.5 Å². The van der Waals surface area contributed by atoms with Gasteiger partial charge in [0.15, 0.2) is 22.2 Å². The summed E-state index contributed by atoms with van der Waals surface area (Å²) in [7, 11) is 0. The van der Waals surface area contributed by atoms with Gasteiger partial charge in [-0.15, -0.1) is 0 Å². The zero-order chi connectivity index (χ0) is 22.5. The first-order chi connectivity index (χ1) is 14.0. The third-order valence-electron chi connectivity index (χ3n) is 3.73. The Balaban J connectivity index is 2.12. The van der Waals surface area contributed by atoms with E-state index in [0.29, 0.717) is 5.56 Å². The Hall–Kier alpha value is -2.27. The van der Waals surface area contributed by atoms with Gasteiger partial charge >= 0.3 is 5.97 Å². The van der Waals surface area contributed by atoms with Gasteiger partial charge in [0, 0.05) is 0 Å². The molecule has 2 unspecified atom stereocenters. The summed E-state index contributed by atoms with van der Waals surface area (Å²) in [5.74, 6) is -0.234. The lowest BCUT2D eigenvalue weighted by atomic mass is 10.1. The number of hydrogen-bond donors (Lipinski definition) is 2. The van der Waals surface area contributed by atoms with Crippen LogP contribution in [-0.4, -0.2) is 42.3 Å². The summed E-state index contributed by atoms with van der Waals surface area (Å²) < 4.78 is 58.3. The van der Waals surface area contributed by atoms with Crippen molar-refractivity contribution in [2.75, 3.05) is 13.2 Å². The van der Waals surface area contributed by atoms with Crippen LogP contribution in [0.4, 0.5) is 0 Å². The Morgan fingerprint density at radius 1 is 0.933 bits per heavy atom. The highest BCUT2D eigenvalue weighted by atomic mass is 32.2. The van der Waals surface area contributed by atoms with E-state index in [0.717, 1.165) is 0 Å². The summed E-state index contributed by atoms with van der Waals surface area (Å²) in [6.45, 7) is 6.88. The molecule has 0 fully saturated rings. The molecule has 0 aliphatic rings.